The molecular formula is C16H22FNO3. The largest absolute Gasteiger partial charge is 0.464 e. The first-order chi connectivity index (χ1) is 9.90. The Bertz CT molecular complexity index is 471. The molecule has 0 heterocycles. The minimum absolute atomic E-state index is 0.302. The molecule has 21 heavy (non-hydrogen) atoms. The van der Waals surface area contributed by atoms with E-state index in [2.05, 4.69) is 19.2 Å². The third-order valence-corrected chi connectivity index (χ3v) is 2.98. The molecule has 1 unspecified atom stereocenters. The molecule has 0 aliphatic carbocycles. The van der Waals surface area contributed by atoms with E-state index in [-0.39, 0.29) is 0 Å². The van der Waals surface area contributed by atoms with E-state index in [0.717, 1.165) is 12.8 Å². The SMILES string of the molecule is CC(C)CCCOC(=O)C(C)NC(=O)c1ccc(F)cc1. The number of hydrogen-bond donors (Lipinski definition) is 1. The van der Waals surface area contributed by atoms with Crippen molar-refractivity contribution in [1.29, 1.82) is 0 Å². The highest BCUT2D eigenvalue weighted by molar-refractivity contribution is 5.96. The number of carbonyl (C=O) groups excluding carboxylic acids is 2. The molecule has 0 bridgehead atoms. The van der Waals surface area contributed by atoms with E-state index in [1.165, 1.54) is 24.3 Å². The van der Waals surface area contributed by atoms with Crippen LogP contribution in [0, 0.1) is 11.7 Å². The Morgan fingerprint density at radius 2 is 1.81 bits per heavy atom. The van der Waals surface area contributed by atoms with Gasteiger partial charge < -0.3 is 10.1 Å². The normalized spacial score (nSPS) is 12.0. The van der Waals surface area contributed by atoms with Gasteiger partial charge in [-0.1, -0.05) is 13.8 Å². The molecule has 1 aromatic rings. The van der Waals surface area contributed by atoms with Gasteiger partial charge in [0.15, 0.2) is 0 Å². The fraction of sp³-hybridized carbons (Fsp3) is 0.500. The Kier molecular flexibility index (Phi) is 6.85. The van der Waals surface area contributed by atoms with Gasteiger partial charge in [-0.2, -0.15) is 0 Å². The van der Waals surface area contributed by atoms with E-state index in [9.17, 15) is 14.0 Å². The lowest BCUT2D eigenvalue weighted by Crippen LogP contribution is -2.39. The molecular weight excluding hydrogens is 273 g/mol. The topological polar surface area (TPSA) is 55.4 Å². The highest BCUT2D eigenvalue weighted by atomic mass is 19.1. The Hall–Kier alpha value is -1.91. The van der Waals surface area contributed by atoms with Crippen molar-refractivity contribution in [3.05, 3.63) is 35.6 Å². The molecule has 1 N–H and O–H groups in total. The zero-order valence-electron chi connectivity index (χ0n) is 12.7. The fourth-order valence-electron chi connectivity index (χ4n) is 1.73. The smallest absolute Gasteiger partial charge is 0.328 e. The maximum atomic E-state index is 12.8. The standard InChI is InChI=1S/C16H22FNO3/c1-11(2)5-4-10-21-16(20)12(3)18-15(19)13-6-8-14(17)9-7-13/h6-9,11-12H,4-5,10H2,1-3H3,(H,18,19). The fourth-order valence-corrected chi connectivity index (χ4v) is 1.73. The lowest BCUT2D eigenvalue weighted by atomic mass is 10.1. The van der Waals surface area contributed by atoms with Crippen LogP contribution in [0.5, 0.6) is 0 Å². The van der Waals surface area contributed by atoms with Crippen LogP contribution in [-0.4, -0.2) is 24.5 Å². The van der Waals surface area contributed by atoms with Crippen LogP contribution >= 0.6 is 0 Å². The van der Waals surface area contributed by atoms with Gasteiger partial charge in [-0.3, -0.25) is 4.79 Å². The molecule has 1 amide bonds. The summed E-state index contributed by atoms with van der Waals surface area (Å²) in [5.74, 6) is -0.737. The Morgan fingerprint density at radius 1 is 1.19 bits per heavy atom. The Morgan fingerprint density at radius 3 is 2.38 bits per heavy atom. The van der Waals surface area contributed by atoms with Crippen LogP contribution < -0.4 is 5.32 Å². The lowest BCUT2D eigenvalue weighted by Gasteiger charge is -2.13. The zero-order chi connectivity index (χ0) is 15.8. The molecule has 1 aromatic carbocycles. The maximum Gasteiger partial charge on any atom is 0.328 e. The average Bonchev–Trinajstić information content (AvgIpc) is 2.43. The highest BCUT2D eigenvalue weighted by Gasteiger charge is 2.17. The molecule has 0 fully saturated rings. The summed E-state index contributed by atoms with van der Waals surface area (Å²) >= 11 is 0. The summed E-state index contributed by atoms with van der Waals surface area (Å²) in [7, 11) is 0. The van der Waals surface area contributed by atoms with Gasteiger partial charge in [0.25, 0.3) is 5.91 Å². The summed E-state index contributed by atoms with van der Waals surface area (Å²) in [5.41, 5.74) is 0.302. The molecule has 0 saturated heterocycles. The van der Waals surface area contributed by atoms with Crippen molar-refractivity contribution in [3.63, 3.8) is 0 Å². The van der Waals surface area contributed by atoms with E-state index in [1.54, 1.807) is 6.92 Å². The van der Waals surface area contributed by atoms with E-state index in [4.69, 9.17) is 4.74 Å². The van der Waals surface area contributed by atoms with E-state index in [1.807, 2.05) is 0 Å². The number of carbonyl (C=O) groups is 2. The Balaban J connectivity index is 2.37. The summed E-state index contributed by atoms with van der Waals surface area (Å²) in [4.78, 5) is 23.6. The molecule has 0 aliphatic rings. The third-order valence-electron chi connectivity index (χ3n) is 2.98. The van der Waals surface area contributed by atoms with Crippen LogP contribution in [-0.2, 0) is 9.53 Å². The van der Waals surface area contributed by atoms with Crippen molar-refractivity contribution >= 4 is 11.9 Å². The van der Waals surface area contributed by atoms with E-state index in [0.29, 0.717) is 18.1 Å². The first kappa shape index (κ1) is 17.1. The molecule has 116 valence electrons. The number of hydrogen-bond acceptors (Lipinski definition) is 3. The van der Waals surface area contributed by atoms with Crippen LogP contribution in [0.2, 0.25) is 0 Å². The highest BCUT2D eigenvalue weighted by Crippen LogP contribution is 2.05. The number of nitrogens with one attached hydrogen (secondary N) is 1. The summed E-state index contributed by atoms with van der Waals surface area (Å²) in [5, 5.41) is 2.53. The zero-order valence-corrected chi connectivity index (χ0v) is 12.7. The van der Waals surface area contributed by atoms with Gasteiger partial charge in [-0.25, -0.2) is 9.18 Å². The molecule has 1 atom stereocenters. The molecule has 0 radical (unpaired) electrons. The molecule has 0 spiro atoms. The van der Waals surface area contributed by atoms with Crippen LogP contribution in [0.3, 0.4) is 0 Å². The first-order valence-corrected chi connectivity index (χ1v) is 7.13. The van der Waals surface area contributed by atoms with Crippen LogP contribution in [0.1, 0.15) is 44.0 Å². The van der Waals surface area contributed by atoms with Crippen LogP contribution in [0.25, 0.3) is 0 Å². The van der Waals surface area contributed by atoms with Crippen molar-refractivity contribution in [2.45, 2.75) is 39.7 Å². The van der Waals surface area contributed by atoms with Gasteiger partial charge in [0.05, 0.1) is 6.61 Å². The van der Waals surface area contributed by atoms with Gasteiger partial charge in [0.2, 0.25) is 0 Å². The Labute approximate surface area is 124 Å². The summed E-state index contributed by atoms with van der Waals surface area (Å²) < 4.78 is 17.9. The second-order valence-corrected chi connectivity index (χ2v) is 5.41. The number of halogens is 1. The first-order valence-electron chi connectivity index (χ1n) is 7.13. The molecule has 0 aromatic heterocycles. The number of rotatable bonds is 7. The van der Waals surface area contributed by atoms with Gasteiger partial charge in [-0.15, -0.1) is 0 Å². The van der Waals surface area contributed by atoms with Crippen LogP contribution in [0.15, 0.2) is 24.3 Å². The second-order valence-electron chi connectivity index (χ2n) is 5.41. The average molecular weight is 295 g/mol. The van der Waals surface area contributed by atoms with Gasteiger partial charge in [0.1, 0.15) is 11.9 Å². The van der Waals surface area contributed by atoms with Crippen molar-refractivity contribution in [3.8, 4) is 0 Å². The van der Waals surface area contributed by atoms with Crippen LogP contribution in [0.4, 0.5) is 4.39 Å². The van der Waals surface area contributed by atoms with Gasteiger partial charge in [-0.05, 0) is 49.9 Å². The van der Waals surface area contributed by atoms with E-state index < -0.39 is 23.7 Å². The maximum absolute atomic E-state index is 12.8. The summed E-state index contributed by atoms with van der Waals surface area (Å²) in [6, 6.07) is 4.39. The predicted molar refractivity (Wildman–Crippen MR) is 78.4 cm³/mol. The van der Waals surface area contributed by atoms with Gasteiger partial charge in [0, 0.05) is 5.56 Å². The van der Waals surface area contributed by atoms with E-state index >= 15 is 0 Å². The van der Waals surface area contributed by atoms with Crippen molar-refractivity contribution < 1.29 is 18.7 Å². The van der Waals surface area contributed by atoms with Crippen molar-refractivity contribution in [2.75, 3.05) is 6.61 Å². The van der Waals surface area contributed by atoms with Gasteiger partial charge >= 0.3 is 5.97 Å². The molecule has 1 rings (SSSR count). The minimum atomic E-state index is -0.735. The second kappa shape index (κ2) is 8.39. The molecule has 4 nitrogen and oxygen atoms in total. The number of benzene rings is 1. The summed E-state index contributed by atoms with van der Waals surface area (Å²) in [6.07, 6.45) is 1.80. The molecule has 0 saturated carbocycles. The minimum Gasteiger partial charge on any atom is -0.464 e. The number of amides is 1. The third kappa shape index (κ3) is 6.38. The molecule has 0 aliphatic heterocycles. The summed E-state index contributed by atoms with van der Waals surface area (Å²) in [6.45, 7) is 6.13. The quantitative estimate of drug-likeness (QED) is 0.621. The predicted octanol–water partition coefficient (Wildman–Crippen LogP) is 2.92. The van der Waals surface area contributed by atoms with Crippen molar-refractivity contribution in [1.82, 2.24) is 5.32 Å². The number of ether oxygens (including phenoxy) is 1. The lowest BCUT2D eigenvalue weighted by molar-refractivity contribution is -0.145. The molecule has 5 heteroatoms. The monoisotopic (exact) mass is 295 g/mol. The number of esters is 1. The van der Waals surface area contributed by atoms with Crippen molar-refractivity contribution in [2.24, 2.45) is 5.92 Å².